The Bertz CT molecular complexity index is 572. The Balaban J connectivity index is 2.09. The second-order valence-electron chi connectivity index (χ2n) is 3.67. The zero-order chi connectivity index (χ0) is 13.0. The highest BCUT2D eigenvalue weighted by Gasteiger charge is 2.03. The zero-order valence-corrected chi connectivity index (χ0v) is 11.1. The molecule has 0 bridgehead atoms. The summed E-state index contributed by atoms with van der Waals surface area (Å²) in [5.41, 5.74) is 6.99. The lowest BCUT2D eigenvalue weighted by atomic mass is 10.2. The van der Waals surface area contributed by atoms with Gasteiger partial charge in [0.1, 0.15) is 11.5 Å². The van der Waals surface area contributed by atoms with Crippen LogP contribution in [0.5, 0.6) is 0 Å². The van der Waals surface area contributed by atoms with E-state index in [2.05, 4.69) is 4.98 Å². The molecule has 0 spiro atoms. The number of nitrogen functional groups attached to an aromatic ring is 1. The molecule has 0 radical (unpaired) electrons. The van der Waals surface area contributed by atoms with Crippen LogP contribution in [0.3, 0.4) is 0 Å². The van der Waals surface area contributed by atoms with Crippen LogP contribution in [0.1, 0.15) is 11.3 Å². The fourth-order valence-corrected chi connectivity index (χ4v) is 2.63. The van der Waals surface area contributed by atoms with Gasteiger partial charge in [-0.25, -0.2) is 0 Å². The summed E-state index contributed by atoms with van der Waals surface area (Å²) in [6, 6.07) is 11.5. The molecule has 3 N–H and O–H groups in total. The number of amidine groups is 1. The molecule has 0 unspecified atom stereocenters. The number of nitrogens with two attached hydrogens (primary N) is 1. The SMILES string of the molecule is N=C(N)c1cc(SCc2ccccc2Cl)ccn1. The maximum Gasteiger partial charge on any atom is 0.141 e. The second-order valence-corrected chi connectivity index (χ2v) is 5.13. The molecule has 5 heteroatoms. The molecule has 0 aliphatic heterocycles. The molecule has 1 heterocycles. The maximum absolute atomic E-state index is 7.35. The van der Waals surface area contributed by atoms with E-state index in [1.165, 1.54) is 0 Å². The minimum Gasteiger partial charge on any atom is -0.382 e. The Morgan fingerprint density at radius 3 is 2.83 bits per heavy atom. The first-order chi connectivity index (χ1) is 8.66. The maximum atomic E-state index is 7.35. The predicted octanol–water partition coefficient (Wildman–Crippen LogP) is 3.31. The van der Waals surface area contributed by atoms with E-state index in [1.54, 1.807) is 18.0 Å². The largest absolute Gasteiger partial charge is 0.382 e. The third-order valence-electron chi connectivity index (χ3n) is 2.36. The average Bonchev–Trinajstić information content (AvgIpc) is 2.38. The van der Waals surface area contributed by atoms with E-state index in [0.29, 0.717) is 5.69 Å². The normalized spacial score (nSPS) is 10.3. The van der Waals surface area contributed by atoms with Crippen molar-refractivity contribution in [1.82, 2.24) is 4.98 Å². The van der Waals surface area contributed by atoms with Crippen LogP contribution in [0.4, 0.5) is 0 Å². The molecule has 0 fully saturated rings. The molecular formula is C13H12ClN3S. The van der Waals surface area contributed by atoms with E-state index in [9.17, 15) is 0 Å². The summed E-state index contributed by atoms with van der Waals surface area (Å²) in [6.45, 7) is 0. The minimum atomic E-state index is -0.0183. The number of hydrogen-bond acceptors (Lipinski definition) is 3. The number of halogens is 1. The molecular weight excluding hydrogens is 266 g/mol. The van der Waals surface area contributed by atoms with E-state index < -0.39 is 0 Å². The fraction of sp³-hybridized carbons (Fsp3) is 0.0769. The number of benzene rings is 1. The van der Waals surface area contributed by atoms with Gasteiger partial charge in [0.15, 0.2) is 0 Å². The molecule has 2 rings (SSSR count). The van der Waals surface area contributed by atoms with Crippen molar-refractivity contribution in [3.05, 3.63) is 58.9 Å². The van der Waals surface area contributed by atoms with Gasteiger partial charge in [0.05, 0.1) is 0 Å². The molecule has 0 aliphatic rings. The summed E-state index contributed by atoms with van der Waals surface area (Å²) in [4.78, 5) is 5.05. The molecule has 0 saturated carbocycles. The third kappa shape index (κ3) is 3.24. The highest BCUT2D eigenvalue weighted by atomic mass is 35.5. The van der Waals surface area contributed by atoms with E-state index in [4.69, 9.17) is 22.7 Å². The van der Waals surface area contributed by atoms with Gasteiger partial charge in [0.25, 0.3) is 0 Å². The van der Waals surface area contributed by atoms with Crippen LogP contribution in [0, 0.1) is 5.41 Å². The summed E-state index contributed by atoms with van der Waals surface area (Å²) in [5.74, 6) is 0.760. The number of hydrogen-bond donors (Lipinski definition) is 2. The van der Waals surface area contributed by atoms with E-state index in [0.717, 1.165) is 21.2 Å². The smallest absolute Gasteiger partial charge is 0.141 e. The zero-order valence-electron chi connectivity index (χ0n) is 9.56. The Labute approximate surface area is 115 Å². The van der Waals surface area contributed by atoms with Crippen molar-refractivity contribution < 1.29 is 0 Å². The molecule has 0 atom stereocenters. The quantitative estimate of drug-likeness (QED) is 0.512. The number of nitrogens with zero attached hydrogens (tertiary/aromatic N) is 1. The van der Waals surface area contributed by atoms with Crippen molar-refractivity contribution in [2.75, 3.05) is 0 Å². The van der Waals surface area contributed by atoms with Crippen molar-refractivity contribution in [2.24, 2.45) is 5.73 Å². The summed E-state index contributed by atoms with van der Waals surface area (Å²) in [5, 5.41) is 8.12. The van der Waals surface area contributed by atoms with Crippen LogP contribution in [0.2, 0.25) is 5.02 Å². The molecule has 0 amide bonds. The number of aromatic nitrogens is 1. The van der Waals surface area contributed by atoms with Gasteiger partial charge in [0.2, 0.25) is 0 Å². The van der Waals surface area contributed by atoms with Crippen LogP contribution in [-0.4, -0.2) is 10.8 Å². The third-order valence-corrected chi connectivity index (χ3v) is 3.77. The molecule has 92 valence electrons. The van der Waals surface area contributed by atoms with E-state index in [1.807, 2.05) is 36.4 Å². The van der Waals surface area contributed by atoms with Gasteiger partial charge in [-0.15, -0.1) is 11.8 Å². The van der Waals surface area contributed by atoms with Gasteiger partial charge in [-0.2, -0.15) is 0 Å². The Kier molecular flexibility index (Phi) is 4.23. The van der Waals surface area contributed by atoms with Crippen molar-refractivity contribution in [3.63, 3.8) is 0 Å². The van der Waals surface area contributed by atoms with Crippen LogP contribution in [0.25, 0.3) is 0 Å². The minimum absolute atomic E-state index is 0.0183. The highest BCUT2D eigenvalue weighted by molar-refractivity contribution is 7.98. The number of pyridine rings is 1. The average molecular weight is 278 g/mol. The van der Waals surface area contributed by atoms with Crippen LogP contribution in [0.15, 0.2) is 47.5 Å². The summed E-state index contributed by atoms with van der Waals surface area (Å²) in [6.07, 6.45) is 1.66. The lowest BCUT2D eigenvalue weighted by molar-refractivity contribution is 1.21. The van der Waals surface area contributed by atoms with Crippen molar-refractivity contribution in [3.8, 4) is 0 Å². The lowest BCUT2D eigenvalue weighted by Gasteiger charge is -2.05. The van der Waals surface area contributed by atoms with Crippen molar-refractivity contribution in [2.45, 2.75) is 10.6 Å². The first-order valence-corrected chi connectivity index (χ1v) is 6.70. The first-order valence-electron chi connectivity index (χ1n) is 5.33. The number of rotatable bonds is 4. The van der Waals surface area contributed by atoms with Crippen LogP contribution < -0.4 is 5.73 Å². The Hall–Kier alpha value is -1.52. The number of thioether (sulfide) groups is 1. The highest BCUT2D eigenvalue weighted by Crippen LogP contribution is 2.26. The van der Waals surface area contributed by atoms with Crippen molar-refractivity contribution in [1.29, 1.82) is 5.41 Å². The van der Waals surface area contributed by atoms with Crippen LogP contribution in [-0.2, 0) is 5.75 Å². The molecule has 3 nitrogen and oxygen atoms in total. The van der Waals surface area contributed by atoms with Gasteiger partial charge in [-0.05, 0) is 23.8 Å². The Morgan fingerprint density at radius 2 is 2.11 bits per heavy atom. The summed E-state index contributed by atoms with van der Waals surface area (Å²) in [7, 11) is 0. The summed E-state index contributed by atoms with van der Waals surface area (Å²) < 4.78 is 0. The monoisotopic (exact) mass is 277 g/mol. The Morgan fingerprint density at radius 1 is 1.33 bits per heavy atom. The second kappa shape index (κ2) is 5.89. The van der Waals surface area contributed by atoms with Crippen molar-refractivity contribution >= 4 is 29.2 Å². The number of nitrogens with one attached hydrogen (secondary N) is 1. The van der Waals surface area contributed by atoms with Gasteiger partial charge in [0, 0.05) is 21.9 Å². The molecule has 18 heavy (non-hydrogen) atoms. The topological polar surface area (TPSA) is 62.8 Å². The fourth-order valence-electron chi connectivity index (χ4n) is 1.42. The molecule has 0 aliphatic carbocycles. The molecule has 1 aromatic carbocycles. The summed E-state index contributed by atoms with van der Waals surface area (Å²) >= 11 is 7.73. The molecule has 1 aromatic heterocycles. The first kappa shape index (κ1) is 12.9. The standard InChI is InChI=1S/C13H12ClN3S/c14-11-4-2-1-3-9(11)8-18-10-5-6-17-12(7-10)13(15)16/h1-7H,8H2,(H3,15,16). The van der Waals surface area contributed by atoms with E-state index in [-0.39, 0.29) is 5.84 Å². The predicted molar refractivity (Wildman–Crippen MR) is 76.3 cm³/mol. The van der Waals surface area contributed by atoms with Gasteiger partial charge in [-0.1, -0.05) is 29.8 Å². The van der Waals surface area contributed by atoms with Gasteiger partial charge < -0.3 is 5.73 Å². The molecule has 0 saturated heterocycles. The van der Waals surface area contributed by atoms with Gasteiger partial charge in [-0.3, -0.25) is 10.4 Å². The van der Waals surface area contributed by atoms with E-state index >= 15 is 0 Å². The lowest BCUT2D eigenvalue weighted by Crippen LogP contribution is -2.12. The van der Waals surface area contributed by atoms with Gasteiger partial charge >= 0.3 is 0 Å². The molecule has 2 aromatic rings. The van der Waals surface area contributed by atoms with Crippen LogP contribution >= 0.6 is 23.4 Å².